The van der Waals surface area contributed by atoms with Gasteiger partial charge in [-0.3, -0.25) is 0 Å². The fourth-order valence-electron chi connectivity index (χ4n) is 2.44. The molecule has 0 saturated heterocycles. The third-order valence-electron chi connectivity index (χ3n) is 4.25. The Kier molecular flexibility index (Phi) is 9.31. The number of ether oxygens (including phenoxy) is 2. The van der Waals surface area contributed by atoms with Gasteiger partial charge in [0.15, 0.2) is 5.82 Å². The molecule has 1 aromatic heterocycles. The molecule has 9 nitrogen and oxygen atoms in total. The van der Waals surface area contributed by atoms with E-state index in [2.05, 4.69) is 31.8 Å². The van der Waals surface area contributed by atoms with Crippen molar-refractivity contribution < 1.29 is 14.6 Å². The molecule has 0 bridgehead atoms. The second-order valence-corrected chi connectivity index (χ2v) is 7.98. The highest BCUT2D eigenvalue weighted by Gasteiger charge is 2.19. The molecule has 1 aromatic carbocycles. The van der Waals surface area contributed by atoms with E-state index in [1.807, 2.05) is 27.7 Å². The van der Waals surface area contributed by atoms with Crippen LogP contribution in [0.4, 0.5) is 5.82 Å². The lowest BCUT2D eigenvalue weighted by Crippen LogP contribution is -2.45. The lowest BCUT2D eigenvalue weighted by molar-refractivity contribution is 0.0962. The Labute approximate surface area is 183 Å². The zero-order valence-electron chi connectivity index (χ0n) is 18.4. The van der Waals surface area contributed by atoms with Crippen LogP contribution in [0, 0.1) is 11.3 Å². The molecule has 0 radical (unpaired) electrons. The number of para-hydroxylation sites is 1. The number of aromatic nitrogens is 2. The van der Waals surface area contributed by atoms with E-state index in [1.165, 1.54) is 0 Å². The Bertz CT molecular complexity index is 878. The molecule has 166 valence electrons. The molecule has 2 rings (SSSR count). The lowest BCUT2D eigenvalue weighted by Gasteiger charge is -2.27. The minimum atomic E-state index is -0.717. The van der Waals surface area contributed by atoms with Gasteiger partial charge in [-0.1, -0.05) is 12.1 Å². The van der Waals surface area contributed by atoms with Gasteiger partial charge in [-0.05, 0) is 52.3 Å². The number of benzene rings is 1. The summed E-state index contributed by atoms with van der Waals surface area (Å²) in [5.74, 6) is 1.33. The summed E-state index contributed by atoms with van der Waals surface area (Å²) >= 11 is 0. The van der Waals surface area contributed by atoms with Crippen LogP contribution in [0.3, 0.4) is 0 Å². The Morgan fingerprint density at radius 2 is 1.94 bits per heavy atom. The van der Waals surface area contributed by atoms with Gasteiger partial charge in [0.05, 0.1) is 18.2 Å². The molecule has 0 aliphatic heterocycles. The number of nitrogens with zero attached hydrogens (tertiary/aromatic N) is 5. The van der Waals surface area contributed by atoms with E-state index in [0.29, 0.717) is 42.6 Å². The van der Waals surface area contributed by atoms with Gasteiger partial charge in [0.25, 0.3) is 0 Å². The van der Waals surface area contributed by atoms with Gasteiger partial charge < -0.3 is 19.9 Å². The molecule has 0 fully saturated rings. The maximum absolute atomic E-state index is 10.2. The second-order valence-electron chi connectivity index (χ2n) is 7.98. The van der Waals surface area contributed by atoms with Crippen LogP contribution in [0.1, 0.15) is 39.7 Å². The molecule has 1 heterocycles. The van der Waals surface area contributed by atoms with Crippen molar-refractivity contribution in [1.29, 1.82) is 5.26 Å². The number of nitrogens with one attached hydrogen (secondary N) is 1. The molecule has 2 N–H and O–H groups in total. The van der Waals surface area contributed by atoms with E-state index in [4.69, 9.17) is 14.7 Å². The molecular formula is C22H30N6O3. The first-order valence-electron chi connectivity index (χ1n) is 10.2. The smallest absolute Gasteiger partial charge is 0.233 e. The average Bonchev–Trinajstić information content (AvgIpc) is 2.76. The molecule has 2 aromatic rings. The maximum Gasteiger partial charge on any atom is 0.233 e. The summed E-state index contributed by atoms with van der Waals surface area (Å²) in [6, 6.07) is 12.5. The number of aliphatic hydroxyl groups excluding tert-OH is 1. The topological polar surface area (TPSA) is 125 Å². The number of azo groups is 1. The van der Waals surface area contributed by atoms with Crippen molar-refractivity contribution in [3.05, 3.63) is 42.0 Å². The highest BCUT2D eigenvalue weighted by molar-refractivity contribution is 5.42. The average molecular weight is 427 g/mol. The fourth-order valence-corrected chi connectivity index (χ4v) is 2.44. The summed E-state index contributed by atoms with van der Waals surface area (Å²) < 4.78 is 11.2. The summed E-state index contributed by atoms with van der Waals surface area (Å²) in [7, 11) is 0. The predicted octanol–water partition coefficient (Wildman–Crippen LogP) is 3.42. The molecule has 0 amide bonds. The van der Waals surface area contributed by atoms with E-state index in [9.17, 15) is 5.11 Å². The third-order valence-corrected chi connectivity index (χ3v) is 4.25. The number of nitriles is 1. The van der Waals surface area contributed by atoms with Gasteiger partial charge >= 0.3 is 0 Å². The quantitative estimate of drug-likeness (QED) is 0.498. The predicted molar refractivity (Wildman–Crippen MR) is 117 cm³/mol. The summed E-state index contributed by atoms with van der Waals surface area (Å²) in [5.41, 5.74) is 0.170. The van der Waals surface area contributed by atoms with E-state index >= 15 is 0 Å². The lowest BCUT2D eigenvalue weighted by atomic mass is 10.0. The van der Waals surface area contributed by atoms with E-state index in [0.717, 1.165) is 0 Å². The molecule has 31 heavy (non-hydrogen) atoms. The van der Waals surface area contributed by atoms with Gasteiger partial charge in [-0.25, -0.2) is 0 Å². The van der Waals surface area contributed by atoms with E-state index in [-0.39, 0.29) is 18.2 Å². The van der Waals surface area contributed by atoms with E-state index in [1.54, 1.807) is 36.4 Å². The van der Waals surface area contributed by atoms with Crippen molar-refractivity contribution in [3.8, 4) is 17.7 Å². The third kappa shape index (κ3) is 9.07. The molecule has 0 aliphatic carbocycles. The normalized spacial score (nSPS) is 12.7. The first kappa shape index (κ1) is 24.2. The summed E-state index contributed by atoms with van der Waals surface area (Å²) in [6.07, 6.45) is -0.0284. The molecule has 0 aliphatic rings. The van der Waals surface area contributed by atoms with Crippen LogP contribution in [0.25, 0.3) is 0 Å². The SMILES string of the molecule is CC(C)N=Nc1ccc(OCCC(C)(C)NCC(O)COc2ccccc2C#N)nn1. The highest BCUT2D eigenvalue weighted by Crippen LogP contribution is 2.17. The van der Waals surface area contributed by atoms with Crippen molar-refractivity contribution in [1.82, 2.24) is 15.5 Å². The fraction of sp³-hybridized carbons (Fsp3) is 0.500. The number of rotatable bonds is 12. The minimum Gasteiger partial charge on any atom is -0.489 e. The van der Waals surface area contributed by atoms with Gasteiger partial charge in [-0.2, -0.15) is 10.4 Å². The molecular weight excluding hydrogens is 396 g/mol. The molecule has 0 saturated carbocycles. The van der Waals surface area contributed by atoms with Crippen molar-refractivity contribution in [2.45, 2.75) is 51.8 Å². The van der Waals surface area contributed by atoms with Gasteiger partial charge in [0.2, 0.25) is 5.88 Å². The Balaban J connectivity index is 1.70. The second kappa shape index (κ2) is 11.9. The summed E-state index contributed by atoms with van der Waals surface area (Å²) in [5, 5.41) is 38.6. The van der Waals surface area contributed by atoms with Crippen LogP contribution in [0.2, 0.25) is 0 Å². The Morgan fingerprint density at radius 3 is 2.61 bits per heavy atom. The van der Waals surface area contributed by atoms with Crippen LogP contribution in [0.15, 0.2) is 46.6 Å². The van der Waals surface area contributed by atoms with Gasteiger partial charge in [-0.15, -0.1) is 15.3 Å². The zero-order chi connectivity index (χ0) is 22.7. The first-order valence-corrected chi connectivity index (χ1v) is 10.2. The molecule has 1 unspecified atom stereocenters. The number of aliphatic hydroxyl groups is 1. The monoisotopic (exact) mass is 426 g/mol. The minimum absolute atomic E-state index is 0.0916. The first-order chi connectivity index (χ1) is 14.8. The van der Waals surface area contributed by atoms with Crippen molar-refractivity contribution in [2.24, 2.45) is 10.2 Å². The van der Waals surface area contributed by atoms with E-state index < -0.39 is 6.10 Å². The number of β-amino-alcohol motifs (C(OH)–C–C–N with tert-alkyl or cyclic N) is 1. The van der Waals surface area contributed by atoms with Crippen molar-refractivity contribution in [2.75, 3.05) is 19.8 Å². The zero-order valence-corrected chi connectivity index (χ0v) is 18.4. The van der Waals surface area contributed by atoms with Crippen molar-refractivity contribution >= 4 is 5.82 Å². The molecule has 0 spiro atoms. The summed E-state index contributed by atoms with van der Waals surface area (Å²) in [4.78, 5) is 0. The molecule has 1 atom stereocenters. The maximum atomic E-state index is 10.2. The van der Waals surface area contributed by atoms with Crippen molar-refractivity contribution in [3.63, 3.8) is 0 Å². The van der Waals surface area contributed by atoms with Crippen LogP contribution in [-0.4, -0.2) is 52.7 Å². The van der Waals surface area contributed by atoms with Crippen LogP contribution in [-0.2, 0) is 0 Å². The Hall–Kier alpha value is -3.09. The van der Waals surface area contributed by atoms with Crippen LogP contribution < -0.4 is 14.8 Å². The number of hydrogen-bond acceptors (Lipinski definition) is 9. The van der Waals surface area contributed by atoms with Crippen LogP contribution >= 0.6 is 0 Å². The largest absolute Gasteiger partial charge is 0.489 e. The van der Waals surface area contributed by atoms with Crippen LogP contribution in [0.5, 0.6) is 11.6 Å². The summed E-state index contributed by atoms with van der Waals surface area (Å²) in [6.45, 7) is 8.79. The Morgan fingerprint density at radius 1 is 1.16 bits per heavy atom. The highest BCUT2D eigenvalue weighted by atomic mass is 16.5. The van der Waals surface area contributed by atoms with Gasteiger partial charge in [0.1, 0.15) is 24.5 Å². The van der Waals surface area contributed by atoms with Gasteiger partial charge in [0, 0.05) is 18.2 Å². The molecule has 9 heteroatoms. The standard InChI is InChI=1S/C22H30N6O3/c1-16(2)25-26-20-9-10-21(28-27-20)30-12-11-22(3,4)24-14-18(29)15-31-19-8-6-5-7-17(19)13-23/h5-10,16,18,24,29H,11-12,14-15H2,1-4H3. The number of hydrogen-bond donors (Lipinski definition) is 2.